The average molecular weight is 252 g/mol. The number of carboxylic acid groups (broad SMARTS) is 2. The normalized spacial score (nSPS) is 9.89. The van der Waals surface area contributed by atoms with Crippen molar-refractivity contribution in [3.05, 3.63) is 28.8 Å². The molecule has 0 saturated carbocycles. The lowest BCUT2D eigenvalue weighted by Gasteiger charge is -2.11. The van der Waals surface area contributed by atoms with Crippen LogP contribution in [0.25, 0.3) is 0 Å². The third-order valence-corrected chi connectivity index (χ3v) is 2.38. The summed E-state index contributed by atoms with van der Waals surface area (Å²) >= 11 is 0. The van der Waals surface area contributed by atoms with E-state index in [4.69, 9.17) is 14.9 Å². The minimum atomic E-state index is -1.34. The number of carbonyl (C=O) groups excluding carboxylic acids is 1. The zero-order valence-corrected chi connectivity index (χ0v) is 9.89. The second-order valence-corrected chi connectivity index (χ2v) is 3.55. The maximum absolute atomic E-state index is 11.2. The first kappa shape index (κ1) is 13.7. The summed E-state index contributed by atoms with van der Waals surface area (Å²) < 4.78 is 4.86. The Morgan fingerprint density at radius 3 is 2.22 bits per heavy atom. The summed E-state index contributed by atoms with van der Waals surface area (Å²) in [6.45, 7) is 2.93. The standard InChI is InChI=1S/C12H12O6/c1-3-9(13)18-8-5-4-7(11(14)15)6(2)10(8)12(16)17/h4-5H,3H2,1-2H3,(H,14,15)(H,16,17). The van der Waals surface area contributed by atoms with Gasteiger partial charge in [-0.2, -0.15) is 0 Å². The van der Waals surface area contributed by atoms with Crippen molar-refractivity contribution < 1.29 is 29.3 Å². The highest BCUT2D eigenvalue weighted by Gasteiger charge is 2.21. The van der Waals surface area contributed by atoms with E-state index < -0.39 is 17.9 Å². The molecule has 2 N–H and O–H groups in total. The fourth-order valence-electron chi connectivity index (χ4n) is 1.46. The van der Waals surface area contributed by atoms with Crippen molar-refractivity contribution >= 4 is 17.9 Å². The molecule has 0 aromatic heterocycles. The molecule has 1 rings (SSSR count). The number of carboxylic acids is 2. The number of hydrogen-bond donors (Lipinski definition) is 2. The smallest absolute Gasteiger partial charge is 0.339 e. The van der Waals surface area contributed by atoms with Gasteiger partial charge < -0.3 is 14.9 Å². The molecule has 6 nitrogen and oxygen atoms in total. The summed E-state index contributed by atoms with van der Waals surface area (Å²) in [4.78, 5) is 33.1. The summed E-state index contributed by atoms with van der Waals surface area (Å²) in [5.74, 6) is -3.30. The van der Waals surface area contributed by atoms with Gasteiger partial charge in [-0.25, -0.2) is 9.59 Å². The molecule has 0 aliphatic carbocycles. The Balaban J connectivity index is 3.37. The summed E-state index contributed by atoms with van der Waals surface area (Å²) in [5.41, 5.74) is -0.392. The van der Waals surface area contributed by atoms with E-state index in [2.05, 4.69) is 0 Å². The van der Waals surface area contributed by atoms with Crippen LogP contribution in [0.1, 0.15) is 39.6 Å². The van der Waals surface area contributed by atoms with Crippen LogP contribution in [0.3, 0.4) is 0 Å². The molecule has 1 aromatic carbocycles. The van der Waals surface area contributed by atoms with Crippen molar-refractivity contribution in [3.8, 4) is 5.75 Å². The molecule has 0 atom stereocenters. The monoisotopic (exact) mass is 252 g/mol. The minimum Gasteiger partial charge on any atom is -0.478 e. The van der Waals surface area contributed by atoms with Gasteiger partial charge in [0.25, 0.3) is 0 Å². The van der Waals surface area contributed by atoms with Gasteiger partial charge in [-0.3, -0.25) is 4.79 Å². The highest BCUT2D eigenvalue weighted by Crippen LogP contribution is 2.25. The van der Waals surface area contributed by atoms with E-state index in [1.54, 1.807) is 6.92 Å². The molecule has 0 fully saturated rings. The Bertz CT molecular complexity index is 518. The largest absolute Gasteiger partial charge is 0.478 e. The average Bonchev–Trinajstić information content (AvgIpc) is 2.27. The Morgan fingerprint density at radius 1 is 1.17 bits per heavy atom. The number of rotatable bonds is 4. The van der Waals surface area contributed by atoms with Crippen LogP contribution >= 0.6 is 0 Å². The van der Waals surface area contributed by atoms with Crippen LogP contribution in [0.2, 0.25) is 0 Å². The zero-order valence-electron chi connectivity index (χ0n) is 9.89. The second-order valence-electron chi connectivity index (χ2n) is 3.55. The van der Waals surface area contributed by atoms with Crippen LogP contribution in [0.4, 0.5) is 0 Å². The number of ether oxygens (including phenoxy) is 1. The summed E-state index contributed by atoms with van der Waals surface area (Å²) in [6.07, 6.45) is 0.0960. The molecule has 0 bridgehead atoms. The van der Waals surface area contributed by atoms with Gasteiger partial charge in [0.05, 0.1) is 5.56 Å². The van der Waals surface area contributed by atoms with E-state index in [9.17, 15) is 14.4 Å². The van der Waals surface area contributed by atoms with Gasteiger partial charge in [-0.05, 0) is 24.6 Å². The molecule has 0 saturated heterocycles. The molecule has 6 heteroatoms. The van der Waals surface area contributed by atoms with Crippen molar-refractivity contribution in [3.63, 3.8) is 0 Å². The maximum atomic E-state index is 11.2. The summed E-state index contributed by atoms with van der Waals surface area (Å²) in [6, 6.07) is 2.38. The van der Waals surface area contributed by atoms with Crippen molar-refractivity contribution in [2.75, 3.05) is 0 Å². The Labute approximate surface area is 103 Å². The van der Waals surface area contributed by atoms with Crippen LogP contribution in [0.15, 0.2) is 12.1 Å². The van der Waals surface area contributed by atoms with E-state index in [1.165, 1.54) is 19.1 Å². The Hall–Kier alpha value is -2.37. The van der Waals surface area contributed by atoms with Gasteiger partial charge >= 0.3 is 17.9 Å². The van der Waals surface area contributed by atoms with Crippen molar-refractivity contribution in [1.82, 2.24) is 0 Å². The summed E-state index contributed by atoms with van der Waals surface area (Å²) in [7, 11) is 0. The van der Waals surface area contributed by atoms with E-state index in [0.29, 0.717) is 0 Å². The van der Waals surface area contributed by atoms with Crippen LogP contribution in [-0.2, 0) is 4.79 Å². The third kappa shape index (κ3) is 2.65. The molecular weight excluding hydrogens is 240 g/mol. The molecule has 0 unspecified atom stereocenters. The van der Waals surface area contributed by atoms with Gasteiger partial charge in [0, 0.05) is 6.42 Å². The van der Waals surface area contributed by atoms with Gasteiger partial charge in [0.2, 0.25) is 0 Å². The molecule has 18 heavy (non-hydrogen) atoms. The van der Waals surface area contributed by atoms with Crippen LogP contribution in [0, 0.1) is 6.92 Å². The first-order valence-corrected chi connectivity index (χ1v) is 5.19. The SMILES string of the molecule is CCC(=O)Oc1ccc(C(=O)O)c(C)c1C(=O)O. The fraction of sp³-hybridized carbons (Fsp3) is 0.250. The topological polar surface area (TPSA) is 101 Å². The molecule has 0 aliphatic heterocycles. The highest BCUT2D eigenvalue weighted by molar-refractivity contribution is 5.99. The molecule has 0 spiro atoms. The van der Waals surface area contributed by atoms with E-state index in [-0.39, 0.29) is 28.9 Å². The molecule has 0 heterocycles. The van der Waals surface area contributed by atoms with Gasteiger partial charge in [0.15, 0.2) is 0 Å². The highest BCUT2D eigenvalue weighted by atomic mass is 16.5. The maximum Gasteiger partial charge on any atom is 0.339 e. The molecule has 1 aromatic rings. The molecule has 0 radical (unpaired) electrons. The predicted molar refractivity (Wildman–Crippen MR) is 61.0 cm³/mol. The lowest BCUT2D eigenvalue weighted by molar-refractivity contribution is -0.134. The first-order chi connectivity index (χ1) is 8.38. The van der Waals surface area contributed by atoms with Crippen LogP contribution in [0.5, 0.6) is 5.75 Å². The van der Waals surface area contributed by atoms with Gasteiger partial charge in [-0.1, -0.05) is 6.92 Å². The van der Waals surface area contributed by atoms with Crippen molar-refractivity contribution in [2.45, 2.75) is 20.3 Å². The van der Waals surface area contributed by atoms with Gasteiger partial charge in [-0.15, -0.1) is 0 Å². The van der Waals surface area contributed by atoms with Crippen molar-refractivity contribution in [2.24, 2.45) is 0 Å². The number of benzene rings is 1. The molecule has 96 valence electrons. The minimum absolute atomic E-state index is 0.0522. The van der Waals surface area contributed by atoms with E-state index >= 15 is 0 Å². The van der Waals surface area contributed by atoms with Crippen molar-refractivity contribution in [1.29, 1.82) is 0 Å². The Kier molecular flexibility index (Phi) is 4.04. The predicted octanol–water partition coefficient (Wildman–Crippen LogP) is 1.71. The first-order valence-electron chi connectivity index (χ1n) is 5.19. The van der Waals surface area contributed by atoms with E-state index in [1.807, 2.05) is 0 Å². The fourth-order valence-corrected chi connectivity index (χ4v) is 1.46. The van der Waals surface area contributed by atoms with Gasteiger partial charge in [0.1, 0.15) is 11.3 Å². The number of carbonyl (C=O) groups is 3. The number of hydrogen-bond acceptors (Lipinski definition) is 4. The third-order valence-electron chi connectivity index (χ3n) is 2.38. The van der Waals surface area contributed by atoms with Crippen LogP contribution < -0.4 is 4.74 Å². The number of esters is 1. The van der Waals surface area contributed by atoms with Crippen LogP contribution in [-0.4, -0.2) is 28.1 Å². The summed E-state index contributed by atoms with van der Waals surface area (Å²) in [5, 5.41) is 17.9. The second kappa shape index (κ2) is 5.31. The number of aromatic carboxylic acids is 2. The van der Waals surface area contributed by atoms with E-state index in [0.717, 1.165) is 0 Å². The lowest BCUT2D eigenvalue weighted by Crippen LogP contribution is -2.13. The molecular formula is C12H12O6. The quantitative estimate of drug-likeness (QED) is 0.624. The lowest BCUT2D eigenvalue weighted by atomic mass is 10.0. The molecule has 0 aliphatic rings. The zero-order chi connectivity index (χ0) is 13.9. The Morgan fingerprint density at radius 2 is 1.78 bits per heavy atom. The molecule has 0 amide bonds.